The number of fused-ring (bicyclic) bond motifs is 2. The van der Waals surface area contributed by atoms with Crippen molar-refractivity contribution in [1.29, 1.82) is 0 Å². The number of hydrogen-bond donors (Lipinski definition) is 2. The second kappa shape index (κ2) is 5.43. The van der Waals surface area contributed by atoms with E-state index in [9.17, 15) is 0 Å². The Kier molecular flexibility index (Phi) is 3.84. The van der Waals surface area contributed by atoms with E-state index in [4.69, 9.17) is 17.4 Å². The third-order valence-corrected chi connectivity index (χ3v) is 5.31. The van der Waals surface area contributed by atoms with Crippen molar-refractivity contribution in [3.05, 3.63) is 34.3 Å². The number of nitrogens with two attached hydrogens (primary N) is 1. The predicted molar refractivity (Wildman–Crippen MR) is 79.8 cm³/mol. The van der Waals surface area contributed by atoms with Gasteiger partial charge in [0.15, 0.2) is 0 Å². The Balaban J connectivity index is 1.73. The fraction of sp³-hybridized carbons (Fsp3) is 0.625. The van der Waals surface area contributed by atoms with Gasteiger partial charge < -0.3 is 0 Å². The minimum absolute atomic E-state index is 0.238. The Morgan fingerprint density at radius 3 is 2.74 bits per heavy atom. The van der Waals surface area contributed by atoms with Crippen molar-refractivity contribution in [2.24, 2.45) is 23.6 Å². The molecule has 0 aliphatic heterocycles. The number of rotatable bonds is 4. The van der Waals surface area contributed by atoms with Crippen LogP contribution in [0, 0.1) is 24.7 Å². The molecule has 0 heterocycles. The van der Waals surface area contributed by atoms with Gasteiger partial charge in [0, 0.05) is 11.1 Å². The minimum Gasteiger partial charge on any atom is -0.271 e. The minimum atomic E-state index is 0.238. The molecule has 2 nitrogen and oxygen atoms in total. The molecule has 4 atom stereocenters. The second-order valence-corrected chi connectivity index (χ2v) is 6.89. The standard InChI is InChI=1S/C16H23ClN2/c1-10-4-14(8-15(17)5-10)16(19-18)9-13-7-11-2-3-12(13)6-11/h4-5,8,11-13,16,19H,2-3,6-7,9,18H2,1H3. The Bertz CT molecular complexity index is 440. The van der Waals surface area contributed by atoms with Gasteiger partial charge in [0.05, 0.1) is 0 Å². The number of hydrogen-bond acceptors (Lipinski definition) is 2. The third kappa shape index (κ3) is 2.81. The quantitative estimate of drug-likeness (QED) is 0.646. The molecule has 2 fully saturated rings. The number of aryl methyl sites for hydroxylation is 1. The summed E-state index contributed by atoms with van der Waals surface area (Å²) in [6.45, 7) is 2.08. The van der Waals surface area contributed by atoms with Crippen molar-refractivity contribution in [2.75, 3.05) is 0 Å². The summed E-state index contributed by atoms with van der Waals surface area (Å²) in [6.07, 6.45) is 6.90. The van der Waals surface area contributed by atoms with E-state index < -0.39 is 0 Å². The maximum atomic E-state index is 6.16. The van der Waals surface area contributed by atoms with Crippen LogP contribution < -0.4 is 11.3 Å². The van der Waals surface area contributed by atoms with Gasteiger partial charge in [0.2, 0.25) is 0 Å². The maximum absolute atomic E-state index is 6.16. The SMILES string of the molecule is Cc1cc(Cl)cc(C(CC2CC3CCC2C3)NN)c1. The molecule has 3 rings (SSSR count). The van der Waals surface area contributed by atoms with Crippen LogP contribution in [0.3, 0.4) is 0 Å². The number of nitrogens with one attached hydrogen (secondary N) is 1. The molecule has 2 aliphatic carbocycles. The maximum Gasteiger partial charge on any atom is 0.0463 e. The summed E-state index contributed by atoms with van der Waals surface area (Å²) in [4.78, 5) is 0. The zero-order chi connectivity index (χ0) is 13.4. The van der Waals surface area contributed by atoms with Crippen LogP contribution in [0.4, 0.5) is 0 Å². The lowest BCUT2D eigenvalue weighted by Gasteiger charge is -2.27. The van der Waals surface area contributed by atoms with Crippen LogP contribution >= 0.6 is 11.6 Å². The fourth-order valence-electron chi connectivity index (χ4n) is 4.23. The van der Waals surface area contributed by atoms with Crippen molar-refractivity contribution in [2.45, 2.75) is 45.1 Å². The molecule has 0 saturated heterocycles. The van der Waals surface area contributed by atoms with E-state index >= 15 is 0 Å². The molecule has 3 N–H and O–H groups in total. The summed E-state index contributed by atoms with van der Waals surface area (Å²) in [5.41, 5.74) is 5.44. The molecule has 104 valence electrons. The van der Waals surface area contributed by atoms with E-state index in [1.807, 2.05) is 12.1 Å². The summed E-state index contributed by atoms with van der Waals surface area (Å²) in [6, 6.07) is 6.48. The third-order valence-electron chi connectivity index (χ3n) is 5.09. The van der Waals surface area contributed by atoms with Crippen LogP contribution in [0.25, 0.3) is 0 Å². The number of hydrazine groups is 1. The molecule has 2 bridgehead atoms. The van der Waals surface area contributed by atoms with Gasteiger partial charge >= 0.3 is 0 Å². The number of benzene rings is 1. The first-order valence-electron chi connectivity index (χ1n) is 7.39. The summed E-state index contributed by atoms with van der Waals surface area (Å²) < 4.78 is 0. The molecule has 3 heteroatoms. The second-order valence-electron chi connectivity index (χ2n) is 6.45. The van der Waals surface area contributed by atoms with Crippen LogP contribution in [-0.2, 0) is 0 Å². The summed E-state index contributed by atoms with van der Waals surface area (Å²) in [5.74, 6) is 8.57. The molecule has 0 aromatic heterocycles. The molecule has 1 aromatic rings. The predicted octanol–water partition coefficient (Wildman–Crippen LogP) is 3.98. The Morgan fingerprint density at radius 2 is 2.16 bits per heavy atom. The molecule has 19 heavy (non-hydrogen) atoms. The molecule has 0 amide bonds. The van der Waals surface area contributed by atoms with Gasteiger partial charge in [-0.15, -0.1) is 0 Å². The number of halogens is 1. The van der Waals surface area contributed by atoms with Crippen LogP contribution in [0.5, 0.6) is 0 Å². The topological polar surface area (TPSA) is 38.0 Å². The first kappa shape index (κ1) is 13.4. The summed E-state index contributed by atoms with van der Waals surface area (Å²) >= 11 is 6.16. The van der Waals surface area contributed by atoms with E-state index in [2.05, 4.69) is 18.4 Å². The lowest BCUT2D eigenvalue weighted by atomic mass is 9.83. The van der Waals surface area contributed by atoms with Gasteiger partial charge in [-0.2, -0.15) is 0 Å². The van der Waals surface area contributed by atoms with Crippen LogP contribution in [0.1, 0.15) is 49.3 Å². The Hall–Kier alpha value is -0.570. The highest BCUT2D eigenvalue weighted by molar-refractivity contribution is 6.30. The van der Waals surface area contributed by atoms with E-state index in [0.29, 0.717) is 0 Å². The summed E-state index contributed by atoms with van der Waals surface area (Å²) in [5, 5.41) is 0.809. The van der Waals surface area contributed by atoms with E-state index in [-0.39, 0.29) is 6.04 Å². The molecule has 1 aromatic carbocycles. The molecular formula is C16H23ClN2. The molecule has 2 aliphatic rings. The van der Waals surface area contributed by atoms with Crippen molar-refractivity contribution < 1.29 is 0 Å². The molecule has 0 radical (unpaired) electrons. The van der Waals surface area contributed by atoms with Crippen molar-refractivity contribution >= 4 is 11.6 Å². The Morgan fingerprint density at radius 1 is 1.32 bits per heavy atom. The highest BCUT2D eigenvalue weighted by atomic mass is 35.5. The van der Waals surface area contributed by atoms with Crippen LogP contribution in [0.2, 0.25) is 5.02 Å². The van der Waals surface area contributed by atoms with Gasteiger partial charge in [-0.25, -0.2) is 0 Å². The van der Waals surface area contributed by atoms with Gasteiger partial charge in [-0.1, -0.05) is 24.1 Å². The smallest absolute Gasteiger partial charge is 0.0463 e. The average molecular weight is 279 g/mol. The van der Waals surface area contributed by atoms with Crippen LogP contribution in [-0.4, -0.2) is 0 Å². The van der Waals surface area contributed by atoms with Crippen molar-refractivity contribution in [3.8, 4) is 0 Å². The zero-order valence-electron chi connectivity index (χ0n) is 11.5. The van der Waals surface area contributed by atoms with Crippen LogP contribution in [0.15, 0.2) is 18.2 Å². The van der Waals surface area contributed by atoms with E-state index in [1.54, 1.807) is 0 Å². The molecule has 2 saturated carbocycles. The van der Waals surface area contributed by atoms with Gasteiger partial charge in [0.1, 0.15) is 0 Å². The first-order chi connectivity index (χ1) is 9.15. The molecular weight excluding hydrogens is 256 g/mol. The highest BCUT2D eigenvalue weighted by Crippen LogP contribution is 2.50. The summed E-state index contributed by atoms with van der Waals surface area (Å²) in [7, 11) is 0. The first-order valence-corrected chi connectivity index (χ1v) is 7.76. The average Bonchev–Trinajstić information content (AvgIpc) is 2.96. The van der Waals surface area contributed by atoms with Gasteiger partial charge in [0.25, 0.3) is 0 Å². The molecule has 0 spiro atoms. The van der Waals surface area contributed by atoms with Crippen molar-refractivity contribution in [1.82, 2.24) is 5.43 Å². The lowest BCUT2D eigenvalue weighted by Crippen LogP contribution is -2.30. The van der Waals surface area contributed by atoms with Gasteiger partial charge in [-0.3, -0.25) is 11.3 Å². The van der Waals surface area contributed by atoms with E-state index in [1.165, 1.54) is 36.8 Å². The van der Waals surface area contributed by atoms with Crippen molar-refractivity contribution in [3.63, 3.8) is 0 Å². The Labute approximate surface area is 120 Å². The van der Waals surface area contributed by atoms with Gasteiger partial charge in [-0.05, 0) is 73.6 Å². The molecule has 4 unspecified atom stereocenters. The zero-order valence-corrected chi connectivity index (χ0v) is 12.3. The largest absolute Gasteiger partial charge is 0.271 e. The highest BCUT2D eigenvalue weighted by Gasteiger charge is 2.40. The normalized spacial score (nSPS) is 30.8. The lowest BCUT2D eigenvalue weighted by molar-refractivity contribution is 0.280. The fourth-order valence-corrected chi connectivity index (χ4v) is 4.53. The monoisotopic (exact) mass is 278 g/mol. The van der Waals surface area contributed by atoms with E-state index in [0.717, 1.165) is 29.2 Å².